The summed E-state index contributed by atoms with van der Waals surface area (Å²) in [4.78, 5) is 2.02. The van der Waals surface area contributed by atoms with Crippen molar-refractivity contribution in [2.75, 3.05) is 25.0 Å². The first-order valence-electron chi connectivity index (χ1n) is 7.12. The number of halogens is 1. The third-order valence-corrected chi connectivity index (χ3v) is 3.45. The molecular formula is C16H24FN3. The highest BCUT2D eigenvalue weighted by Crippen LogP contribution is 2.28. The quantitative estimate of drug-likeness (QED) is 0.828. The predicted octanol–water partition coefficient (Wildman–Crippen LogP) is 3.54. The molecule has 0 fully saturated rings. The lowest BCUT2D eigenvalue weighted by Gasteiger charge is -2.26. The molecule has 0 bridgehead atoms. The molecule has 1 unspecified atom stereocenters. The van der Waals surface area contributed by atoms with E-state index in [4.69, 9.17) is 5.26 Å². The van der Waals surface area contributed by atoms with Gasteiger partial charge in [-0.2, -0.15) is 5.26 Å². The molecule has 0 radical (unpaired) electrons. The molecule has 0 saturated heterocycles. The third kappa shape index (κ3) is 4.21. The van der Waals surface area contributed by atoms with Crippen molar-refractivity contribution in [3.05, 3.63) is 29.1 Å². The van der Waals surface area contributed by atoms with Gasteiger partial charge >= 0.3 is 0 Å². The van der Waals surface area contributed by atoms with E-state index in [9.17, 15) is 4.39 Å². The summed E-state index contributed by atoms with van der Waals surface area (Å²) in [6, 6.07) is 5.71. The summed E-state index contributed by atoms with van der Waals surface area (Å²) in [5, 5.41) is 12.1. The molecule has 1 atom stereocenters. The molecule has 1 rings (SSSR count). The molecule has 0 heterocycles. The molecule has 20 heavy (non-hydrogen) atoms. The largest absolute Gasteiger partial charge is 0.373 e. The highest BCUT2D eigenvalue weighted by molar-refractivity contribution is 5.56. The van der Waals surface area contributed by atoms with Crippen LogP contribution in [-0.2, 0) is 0 Å². The Bertz CT molecular complexity index is 479. The molecule has 1 N–H and O–H groups in total. The van der Waals surface area contributed by atoms with Crippen molar-refractivity contribution < 1.29 is 4.39 Å². The molecular weight excluding hydrogens is 253 g/mol. The van der Waals surface area contributed by atoms with Crippen LogP contribution < -0.4 is 10.2 Å². The maximum absolute atomic E-state index is 13.9. The van der Waals surface area contributed by atoms with Crippen LogP contribution >= 0.6 is 0 Å². The maximum atomic E-state index is 13.9. The van der Waals surface area contributed by atoms with Crippen molar-refractivity contribution >= 4 is 5.69 Å². The summed E-state index contributed by atoms with van der Waals surface area (Å²) in [6.07, 6.45) is 1.50. The van der Waals surface area contributed by atoms with Gasteiger partial charge in [-0.05, 0) is 50.1 Å². The maximum Gasteiger partial charge on any atom is 0.126 e. The zero-order chi connectivity index (χ0) is 15.1. The molecule has 0 aliphatic heterocycles. The average Bonchev–Trinajstić information content (AvgIpc) is 2.44. The Labute approximate surface area is 121 Å². The van der Waals surface area contributed by atoms with Crippen LogP contribution in [0.3, 0.4) is 0 Å². The van der Waals surface area contributed by atoms with E-state index in [0.29, 0.717) is 18.5 Å². The molecule has 1 aromatic carbocycles. The van der Waals surface area contributed by atoms with E-state index < -0.39 is 0 Å². The van der Waals surface area contributed by atoms with E-state index in [2.05, 4.69) is 18.3 Å². The van der Waals surface area contributed by atoms with Gasteiger partial charge in [0, 0.05) is 25.3 Å². The number of hydrogen-bond acceptors (Lipinski definition) is 3. The summed E-state index contributed by atoms with van der Waals surface area (Å²) in [6.45, 7) is 7.47. The molecule has 0 saturated carbocycles. The average molecular weight is 277 g/mol. The van der Waals surface area contributed by atoms with E-state index in [-0.39, 0.29) is 11.9 Å². The molecule has 0 aliphatic rings. The number of nitrogens with zero attached hydrogens (tertiary/aromatic N) is 2. The van der Waals surface area contributed by atoms with Gasteiger partial charge in [-0.15, -0.1) is 0 Å². The third-order valence-electron chi connectivity index (χ3n) is 3.45. The fraction of sp³-hybridized carbons (Fsp3) is 0.562. The van der Waals surface area contributed by atoms with Crippen molar-refractivity contribution in [2.24, 2.45) is 0 Å². The number of nitrogens with one attached hydrogen (secondary N) is 1. The van der Waals surface area contributed by atoms with Gasteiger partial charge in [0.15, 0.2) is 0 Å². The van der Waals surface area contributed by atoms with Crippen LogP contribution in [0.2, 0.25) is 0 Å². The van der Waals surface area contributed by atoms with Gasteiger partial charge in [-0.1, -0.05) is 6.92 Å². The molecule has 1 aromatic rings. The molecule has 0 spiro atoms. The van der Waals surface area contributed by atoms with Crippen LogP contribution in [0, 0.1) is 24.1 Å². The molecule has 110 valence electrons. The van der Waals surface area contributed by atoms with Gasteiger partial charge in [-0.3, -0.25) is 0 Å². The lowest BCUT2D eigenvalue weighted by molar-refractivity contribution is 0.559. The first-order chi connectivity index (χ1) is 9.51. The van der Waals surface area contributed by atoms with Gasteiger partial charge in [0.25, 0.3) is 0 Å². The van der Waals surface area contributed by atoms with Gasteiger partial charge in [0.05, 0.1) is 12.5 Å². The SMILES string of the molecule is CCCNC(C)c1cc(F)c(C)cc1N(C)CCC#N. The molecule has 3 nitrogen and oxygen atoms in total. The van der Waals surface area contributed by atoms with Gasteiger partial charge < -0.3 is 10.2 Å². The van der Waals surface area contributed by atoms with Crippen molar-refractivity contribution in [1.82, 2.24) is 5.32 Å². The monoisotopic (exact) mass is 277 g/mol. The summed E-state index contributed by atoms with van der Waals surface area (Å²) >= 11 is 0. The molecule has 0 aromatic heterocycles. The zero-order valence-electron chi connectivity index (χ0n) is 12.8. The van der Waals surface area contributed by atoms with Crippen molar-refractivity contribution in [1.29, 1.82) is 5.26 Å². The van der Waals surface area contributed by atoms with Crippen LogP contribution in [0.15, 0.2) is 12.1 Å². The predicted molar refractivity (Wildman–Crippen MR) is 81.3 cm³/mol. The first-order valence-corrected chi connectivity index (χ1v) is 7.12. The van der Waals surface area contributed by atoms with Crippen molar-refractivity contribution in [3.8, 4) is 6.07 Å². The van der Waals surface area contributed by atoms with E-state index in [1.807, 2.05) is 24.9 Å². The minimum Gasteiger partial charge on any atom is -0.373 e. The summed E-state index contributed by atoms with van der Waals surface area (Å²) in [5.41, 5.74) is 2.58. The Morgan fingerprint density at radius 3 is 2.75 bits per heavy atom. The Balaban J connectivity index is 3.07. The minimum absolute atomic E-state index is 0.0876. The highest BCUT2D eigenvalue weighted by Gasteiger charge is 2.15. The van der Waals surface area contributed by atoms with E-state index >= 15 is 0 Å². The summed E-state index contributed by atoms with van der Waals surface area (Å²) in [7, 11) is 1.94. The number of aryl methyl sites for hydroxylation is 1. The van der Waals surface area contributed by atoms with Crippen LogP contribution in [0.1, 0.15) is 43.9 Å². The first kappa shape index (κ1) is 16.5. The minimum atomic E-state index is -0.178. The second kappa shape index (κ2) is 7.86. The van der Waals surface area contributed by atoms with Crippen LogP contribution in [0.5, 0.6) is 0 Å². The lowest BCUT2D eigenvalue weighted by Crippen LogP contribution is -2.25. The van der Waals surface area contributed by atoms with Gasteiger partial charge in [-0.25, -0.2) is 4.39 Å². The number of rotatable bonds is 7. The Morgan fingerprint density at radius 2 is 2.15 bits per heavy atom. The standard InChI is InChI=1S/C16H24FN3/c1-5-8-19-13(3)14-11-15(17)12(2)10-16(14)20(4)9-6-7-18/h10-11,13,19H,5-6,8-9H2,1-4H3. The number of anilines is 1. The van der Waals surface area contributed by atoms with Crippen molar-refractivity contribution in [2.45, 2.75) is 39.7 Å². The Kier molecular flexibility index (Phi) is 6.47. The molecule has 0 amide bonds. The number of benzene rings is 1. The molecule has 0 aliphatic carbocycles. The molecule has 4 heteroatoms. The van der Waals surface area contributed by atoms with E-state index in [1.54, 1.807) is 13.0 Å². The number of hydrogen-bond donors (Lipinski definition) is 1. The van der Waals surface area contributed by atoms with Crippen LogP contribution in [-0.4, -0.2) is 20.1 Å². The smallest absolute Gasteiger partial charge is 0.126 e. The fourth-order valence-electron chi connectivity index (χ4n) is 2.17. The summed E-state index contributed by atoms with van der Waals surface area (Å²) < 4.78 is 13.9. The lowest BCUT2D eigenvalue weighted by atomic mass is 10.0. The Morgan fingerprint density at radius 1 is 1.45 bits per heavy atom. The van der Waals surface area contributed by atoms with E-state index in [0.717, 1.165) is 24.2 Å². The highest BCUT2D eigenvalue weighted by atomic mass is 19.1. The second-order valence-corrected chi connectivity index (χ2v) is 5.17. The van der Waals surface area contributed by atoms with Crippen LogP contribution in [0.25, 0.3) is 0 Å². The van der Waals surface area contributed by atoms with E-state index in [1.165, 1.54) is 0 Å². The second-order valence-electron chi connectivity index (χ2n) is 5.17. The van der Waals surface area contributed by atoms with Gasteiger partial charge in [0.2, 0.25) is 0 Å². The van der Waals surface area contributed by atoms with Crippen molar-refractivity contribution in [3.63, 3.8) is 0 Å². The summed E-state index contributed by atoms with van der Waals surface area (Å²) in [5.74, 6) is -0.178. The Hall–Kier alpha value is -1.60. The number of nitriles is 1. The normalized spacial score (nSPS) is 12.0. The zero-order valence-corrected chi connectivity index (χ0v) is 12.8. The fourth-order valence-corrected chi connectivity index (χ4v) is 2.17. The van der Waals surface area contributed by atoms with Gasteiger partial charge in [0.1, 0.15) is 5.82 Å². The van der Waals surface area contributed by atoms with Crippen LogP contribution in [0.4, 0.5) is 10.1 Å². The topological polar surface area (TPSA) is 39.1 Å².